The third-order valence-electron chi connectivity index (χ3n) is 5.10. The third kappa shape index (κ3) is 5.57. The number of thiazole rings is 1. The van der Waals surface area contributed by atoms with Crippen molar-refractivity contribution in [3.05, 3.63) is 35.9 Å². The van der Waals surface area contributed by atoms with E-state index in [4.69, 9.17) is 4.74 Å². The number of amides is 2. The molecule has 1 N–H and O–H groups in total. The molecule has 4 rings (SSSR count). The number of anilines is 1. The van der Waals surface area contributed by atoms with E-state index in [1.165, 1.54) is 25.6 Å². The lowest BCUT2D eigenvalue weighted by Crippen LogP contribution is -2.49. The Balaban J connectivity index is 1.36. The molecule has 3 heterocycles. The van der Waals surface area contributed by atoms with Crippen LogP contribution in [0.2, 0.25) is 0 Å². The first kappa shape index (κ1) is 24.5. The van der Waals surface area contributed by atoms with Crippen molar-refractivity contribution in [2.75, 3.05) is 38.6 Å². The molecule has 3 aromatic rings. The molecule has 1 aliphatic rings. The van der Waals surface area contributed by atoms with Crippen molar-refractivity contribution >= 4 is 38.8 Å². The van der Waals surface area contributed by atoms with E-state index in [0.29, 0.717) is 41.7 Å². The van der Waals surface area contributed by atoms with Crippen LogP contribution in [0.25, 0.3) is 10.3 Å². The molecule has 10 nitrogen and oxygen atoms in total. The zero-order valence-corrected chi connectivity index (χ0v) is 19.0. The van der Waals surface area contributed by atoms with E-state index in [2.05, 4.69) is 25.0 Å². The predicted molar refractivity (Wildman–Crippen MR) is 116 cm³/mol. The van der Waals surface area contributed by atoms with Crippen molar-refractivity contribution < 1.29 is 36.6 Å². The Bertz CT molecular complexity index is 1250. The van der Waals surface area contributed by atoms with E-state index in [9.17, 15) is 27.2 Å². The Labute approximate surface area is 199 Å². The number of benzene rings is 1. The Morgan fingerprint density at radius 1 is 1.17 bits per heavy atom. The van der Waals surface area contributed by atoms with Crippen molar-refractivity contribution in [3.63, 3.8) is 0 Å². The van der Waals surface area contributed by atoms with Crippen LogP contribution in [0.3, 0.4) is 0 Å². The fourth-order valence-corrected chi connectivity index (χ4v) is 4.19. The summed E-state index contributed by atoms with van der Waals surface area (Å²) in [5, 5.41) is 3.03. The molecule has 0 bridgehead atoms. The maximum Gasteiger partial charge on any atom is 0.491 e. The first-order valence-electron chi connectivity index (χ1n) is 10.2. The minimum Gasteiger partial charge on any atom is -0.479 e. The molecule has 0 atom stereocenters. The lowest BCUT2D eigenvalue weighted by atomic mass is 10.1. The summed E-state index contributed by atoms with van der Waals surface area (Å²) >= 11 is 1.16. The van der Waals surface area contributed by atoms with Crippen LogP contribution in [0.1, 0.15) is 5.56 Å². The molecule has 1 aromatic carbocycles. The average Bonchev–Trinajstić information content (AvgIpc) is 3.23. The normalized spacial score (nSPS) is 14.7. The number of piperazine rings is 1. The number of nitrogens with one attached hydrogen (secondary N) is 1. The van der Waals surface area contributed by atoms with Gasteiger partial charge >= 0.3 is 18.2 Å². The molecular formula is C20H18F4N6O4S. The number of hydrogen-bond donors (Lipinski definition) is 1. The van der Waals surface area contributed by atoms with Crippen LogP contribution in [-0.2, 0) is 11.3 Å². The fourth-order valence-electron chi connectivity index (χ4n) is 3.40. The number of nitrogens with zero attached hydrogens (tertiary/aromatic N) is 5. The highest BCUT2D eigenvalue weighted by molar-refractivity contribution is 7.22. The Hall–Kier alpha value is -3.59. The van der Waals surface area contributed by atoms with Gasteiger partial charge in [-0.25, -0.2) is 23.9 Å². The zero-order valence-electron chi connectivity index (χ0n) is 18.1. The molecule has 0 radical (unpaired) electrons. The van der Waals surface area contributed by atoms with Gasteiger partial charge in [0.25, 0.3) is 0 Å². The summed E-state index contributed by atoms with van der Waals surface area (Å²) < 4.78 is 61.2. The van der Waals surface area contributed by atoms with E-state index >= 15 is 0 Å². The summed E-state index contributed by atoms with van der Waals surface area (Å²) in [7, 11) is 1.45. The van der Waals surface area contributed by atoms with Crippen LogP contribution in [0.5, 0.6) is 11.6 Å². The van der Waals surface area contributed by atoms with Crippen LogP contribution < -0.4 is 14.8 Å². The average molecular weight is 514 g/mol. The van der Waals surface area contributed by atoms with Crippen LogP contribution in [-0.4, -0.2) is 76.2 Å². The van der Waals surface area contributed by atoms with E-state index in [0.717, 1.165) is 17.4 Å². The minimum atomic E-state index is -5.25. The fraction of sp³-hybridized carbons (Fsp3) is 0.350. The highest BCUT2D eigenvalue weighted by atomic mass is 32.1. The van der Waals surface area contributed by atoms with Gasteiger partial charge in [-0.15, -0.1) is 0 Å². The summed E-state index contributed by atoms with van der Waals surface area (Å²) in [6, 6.07) is 3.22. The molecule has 1 aliphatic heterocycles. The first-order chi connectivity index (χ1) is 16.7. The molecule has 1 fully saturated rings. The Morgan fingerprint density at radius 3 is 2.60 bits per heavy atom. The first-order valence-corrected chi connectivity index (χ1v) is 11.0. The second kappa shape index (κ2) is 9.95. The number of urea groups is 1. The van der Waals surface area contributed by atoms with Gasteiger partial charge in [0, 0.05) is 38.3 Å². The number of carbonyl (C=O) groups is 2. The third-order valence-corrected chi connectivity index (χ3v) is 5.98. The summed E-state index contributed by atoms with van der Waals surface area (Å²) in [4.78, 5) is 40.1. The molecular weight excluding hydrogens is 496 g/mol. The van der Waals surface area contributed by atoms with E-state index in [1.807, 2.05) is 4.90 Å². The van der Waals surface area contributed by atoms with E-state index < -0.39 is 23.7 Å². The molecule has 2 amide bonds. The number of halogens is 4. The number of ether oxygens (including phenoxy) is 2. The molecule has 0 aliphatic carbocycles. The molecule has 15 heteroatoms. The summed E-state index contributed by atoms with van der Waals surface area (Å²) in [5.41, 5.74) is 0.516. The second-order valence-electron chi connectivity index (χ2n) is 7.36. The van der Waals surface area contributed by atoms with Crippen molar-refractivity contribution in [1.29, 1.82) is 0 Å². The van der Waals surface area contributed by atoms with Gasteiger partial charge in [-0.2, -0.15) is 18.2 Å². The van der Waals surface area contributed by atoms with Gasteiger partial charge in [-0.05, 0) is 6.07 Å². The highest BCUT2D eigenvalue weighted by Crippen LogP contribution is 2.30. The summed E-state index contributed by atoms with van der Waals surface area (Å²) in [6.45, 7) is 1.34. The maximum absolute atomic E-state index is 14.1. The number of fused-ring (bicyclic) bond motifs is 1. The number of alkyl halides is 3. The minimum absolute atomic E-state index is 0.0318. The zero-order chi connectivity index (χ0) is 25.2. The number of hydrogen-bond acceptors (Lipinski definition) is 9. The van der Waals surface area contributed by atoms with Crippen molar-refractivity contribution in [1.82, 2.24) is 24.8 Å². The van der Waals surface area contributed by atoms with Gasteiger partial charge in [0.2, 0.25) is 5.88 Å². The van der Waals surface area contributed by atoms with E-state index in [-0.39, 0.29) is 24.0 Å². The number of rotatable bonds is 5. The monoisotopic (exact) mass is 514 g/mol. The lowest BCUT2D eigenvalue weighted by molar-refractivity contribution is -0.189. The molecule has 0 spiro atoms. The van der Waals surface area contributed by atoms with Crippen molar-refractivity contribution in [2.24, 2.45) is 0 Å². The van der Waals surface area contributed by atoms with Gasteiger partial charge in [0.05, 0.1) is 7.11 Å². The molecule has 0 unspecified atom stereocenters. The van der Waals surface area contributed by atoms with Gasteiger partial charge < -0.3 is 14.4 Å². The Morgan fingerprint density at radius 2 is 1.91 bits per heavy atom. The Kier molecular flexibility index (Phi) is 6.98. The van der Waals surface area contributed by atoms with Gasteiger partial charge in [-0.3, -0.25) is 10.2 Å². The quantitative estimate of drug-likeness (QED) is 0.314. The second-order valence-corrected chi connectivity index (χ2v) is 8.34. The molecule has 2 aromatic heterocycles. The SMILES string of the molecule is COc1ncnc2sc(NC(=O)N3CCN(Cc4cccc(F)c4OC(=O)C(F)(F)F)CC3)nc12. The lowest BCUT2D eigenvalue weighted by Gasteiger charge is -2.34. The van der Waals surface area contributed by atoms with Crippen LogP contribution in [0, 0.1) is 5.82 Å². The number of aromatic nitrogens is 3. The molecule has 0 saturated carbocycles. The largest absolute Gasteiger partial charge is 0.491 e. The van der Waals surface area contributed by atoms with Gasteiger partial charge in [0.15, 0.2) is 27.0 Å². The summed E-state index contributed by atoms with van der Waals surface area (Å²) in [5.74, 6) is -4.04. The standard InChI is InChI=1S/C20H18F4N6O4S/c1-33-15-13-16(26-10-25-15)35-18(27-13)28-19(32)30-7-5-29(6-8-30)9-11-3-2-4-12(21)14(11)34-17(31)20(22,23)24/h2-4,10H,5-9H2,1H3,(H,27,28,32). The predicted octanol–water partition coefficient (Wildman–Crippen LogP) is 3.05. The topological polar surface area (TPSA) is 110 Å². The molecule has 186 valence electrons. The van der Waals surface area contributed by atoms with Gasteiger partial charge in [0.1, 0.15) is 6.33 Å². The van der Waals surface area contributed by atoms with Crippen LogP contribution in [0.4, 0.5) is 27.5 Å². The number of carbonyl (C=O) groups excluding carboxylic acids is 2. The maximum atomic E-state index is 14.1. The summed E-state index contributed by atoms with van der Waals surface area (Å²) in [6.07, 6.45) is -3.92. The van der Waals surface area contributed by atoms with Crippen LogP contribution in [0.15, 0.2) is 24.5 Å². The number of para-hydroxylation sites is 1. The molecule has 1 saturated heterocycles. The molecule has 35 heavy (non-hydrogen) atoms. The number of esters is 1. The van der Waals surface area contributed by atoms with Crippen molar-refractivity contribution in [2.45, 2.75) is 12.7 Å². The van der Waals surface area contributed by atoms with E-state index in [1.54, 1.807) is 4.90 Å². The van der Waals surface area contributed by atoms with Crippen LogP contribution >= 0.6 is 11.3 Å². The van der Waals surface area contributed by atoms with Crippen molar-refractivity contribution in [3.8, 4) is 11.6 Å². The van der Waals surface area contributed by atoms with Gasteiger partial charge in [-0.1, -0.05) is 23.5 Å². The highest BCUT2D eigenvalue weighted by Gasteiger charge is 2.42. The smallest absolute Gasteiger partial charge is 0.479 e. The number of methoxy groups -OCH3 is 1.